The Balaban J connectivity index is 2.98. The van der Waals surface area contributed by atoms with E-state index in [0.717, 1.165) is 12.3 Å². The van der Waals surface area contributed by atoms with Crippen molar-refractivity contribution in [1.29, 1.82) is 0 Å². The minimum absolute atomic E-state index is 0.156. The zero-order chi connectivity index (χ0) is 12.9. The standard InChI is InChI=1S/C14H21NOS/c1-5-15(13(16)17-6-2)14(3,4)12-10-8-7-9-11-12/h7-11H,5-6H2,1-4H3. The van der Waals surface area contributed by atoms with E-state index in [-0.39, 0.29) is 10.8 Å². The third-order valence-electron chi connectivity index (χ3n) is 2.96. The molecule has 0 N–H and O–H groups in total. The Kier molecular flexibility index (Phi) is 5.06. The SMILES string of the molecule is CCSC(=O)N(CC)C(C)(C)c1ccccc1. The van der Waals surface area contributed by atoms with E-state index in [1.165, 1.54) is 17.3 Å². The fourth-order valence-electron chi connectivity index (χ4n) is 1.96. The van der Waals surface area contributed by atoms with E-state index in [4.69, 9.17) is 0 Å². The lowest BCUT2D eigenvalue weighted by atomic mass is 9.93. The molecule has 17 heavy (non-hydrogen) atoms. The van der Waals surface area contributed by atoms with Gasteiger partial charge in [-0.05, 0) is 32.1 Å². The minimum Gasteiger partial charge on any atom is -0.325 e. The van der Waals surface area contributed by atoms with Crippen LogP contribution >= 0.6 is 11.8 Å². The van der Waals surface area contributed by atoms with Crippen LogP contribution in [0.3, 0.4) is 0 Å². The lowest BCUT2D eigenvalue weighted by molar-refractivity contribution is 0.161. The molecule has 94 valence electrons. The van der Waals surface area contributed by atoms with Crippen LogP contribution in [0.4, 0.5) is 4.79 Å². The second kappa shape index (κ2) is 6.10. The number of rotatable bonds is 4. The molecule has 0 heterocycles. The predicted molar refractivity (Wildman–Crippen MR) is 75.4 cm³/mol. The first-order chi connectivity index (χ1) is 8.04. The Morgan fingerprint density at radius 1 is 1.24 bits per heavy atom. The zero-order valence-electron chi connectivity index (χ0n) is 11.1. The van der Waals surface area contributed by atoms with Crippen LogP contribution in [-0.4, -0.2) is 22.4 Å². The van der Waals surface area contributed by atoms with Gasteiger partial charge in [0.1, 0.15) is 0 Å². The smallest absolute Gasteiger partial charge is 0.282 e. The highest BCUT2D eigenvalue weighted by Crippen LogP contribution is 2.30. The highest BCUT2D eigenvalue weighted by atomic mass is 32.2. The normalized spacial score (nSPS) is 11.3. The van der Waals surface area contributed by atoms with Crippen LogP contribution in [0, 0.1) is 0 Å². The van der Waals surface area contributed by atoms with Crippen LogP contribution in [0.2, 0.25) is 0 Å². The Labute approximate surface area is 108 Å². The van der Waals surface area contributed by atoms with Crippen molar-refractivity contribution in [2.24, 2.45) is 0 Å². The largest absolute Gasteiger partial charge is 0.325 e. The van der Waals surface area contributed by atoms with Gasteiger partial charge in [0.05, 0.1) is 5.54 Å². The maximum Gasteiger partial charge on any atom is 0.282 e. The highest BCUT2D eigenvalue weighted by Gasteiger charge is 2.31. The van der Waals surface area contributed by atoms with Crippen LogP contribution in [0.25, 0.3) is 0 Å². The van der Waals surface area contributed by atoms with Gasteiger partial charge in [-0.3, -0.25) is 4.79 Å². The van der Waals surface area contributed by atoms with Gasteiger partial charge in [0, 0.05) is 6.54 Å². The average molecular weight is 251 g/mol. The number of carbonyl (C=O) groups excluding carboxylic acids is 1. The summed E-state index contributed by atoms with van der Waals surface area (Å²) in [5.41, 5.74) is 0.918. The topological polar surface area (TPSA) is 20.3 Å². The molecule has 1 amide bonds. The van der Waals surface area contributed by atoms with Crippen LogP contribution in [0.1, 0.15) is 33.3 Å². The summed E-state index contributed by atoms with van der Waals surface area (Å²) in [6.07, 6.45) is 0. The number of carbonyl (C=O) groups is 1. The van der Waals surface area contributed by atoms with Gasteiger partial charge in [0.2, 0.25) is 0 Å². The molecule has 0 bridgehead atoms. The number of thioether (sulfide) groups is 1. The molecule has 2 nitrogen and oxygen atoms in total. The molecule has 0 fully saturated rings. The molecule has 1 rings (SSSR count). The van der Waals surface area contributed by atoms with Crippen molar-refractivity contribution in [3.8, 4) is 0 Å². The van der Waals surface area contributed by atoms with Crippen molar-refractivity contribution >= 4 is 17.0 Å². The summed E-state index contributed by atoms with van der Waals surface area (Å²) in [6.45, 7) is 8.96. The maximum atomic E-state index is 12.1. The molecule has 0 aliphatic heterocycles. The number of hydrogen-bond acceptors (Lipinski definition) is 2. The first-order valence-corrected chi connectivity index (χ1v) is 7.02. The highest BCUT2D eigenvalue weighted by molar-refractivity contribution is 8.13. The lowest BCUT2D eigenvalue weighted by Gasteiger charge is -2.38. The Bertz CT molecular complexity index is 362. The van der Waals surface area contributed by atoms with Crippen LogP contribution < -0.4 is 0 Å². The van der Waals surface area contributed by atoms with Crippen LogP contribution in [0.5, 0.6) is 0 Å². The molecule has 0 unspecified atom stereocenters. The number of amides is 1. The Morgan fingerprint density at radius 2 is 1.82 bits per heavy atom. The molecule has 0 saturated carbocycles. The molecule has 1 aromatic rings. The molecule has 0 aromatic heterocycles. The molecule has 0 aliphatic rings. The van der Waals surface area contributed by atoms with Crippen molar-refractivity contribution in [2.45, 2.75) is 33.2 Å². The first-order valence-electron chi connectivity index (χ1n) is 6.04. The van der Waals surface area contributed by atoms with E-state index in [9.17, 15) is 4.79 Å². The number of benzene rings is 1. The quantitative estimate of drug-likeness (QED) is 0.802. The molecule has 3 heteroatoms. The molecular formula is C14H21NOS. The Morgan fingerprint density at radius 3 is 2.29 bits per heavy atom. The molecule has 0 aliphatic carbocycles. The van der Waals surface area contributed by atoms with Gasteiger partial charge in [-0.2, -0.15) is 0 Å². The molecule has 0 atom stereocenters. The van der Waals surface area contributed by atoms with Gasteiger partial charge in [-0.1, -0.05) is 49.0 Å². The van der Waals surface area contributed by atoms with Gasteiger partial charge in [0.15, 0.2) is 0 Å². The van der Waals surface area contributed by atoms with E-state index in [2.05, 4.69) is 26.0 Å². The third-order valence-corrected chi connectivity index (χ3v) is 3.72. The van der Waals surface area contributed by atoms with Crippen molar-refractivity contribution in [1.82, 2.24) is 4.90 Å². The summed E-state index contributed by atoms with van der Waals surface area (Å²) in [4.78, 5) is 14.0. The zero-order valence-corrected chi connectivity index (χ0v) is 11.9. The molecule has 0 spiro atoms. The van der Waals surface area contributed by atoms with E-state index >= 15 is 0 Å². The lowest BCUT2D eigenvalue weighted by Crippen LogP contribution is -2.43. The third kappa shape index (κ3) is 3.25. The predicted octanol–water partition coefficient (Wildman–Crippen LogP) is 4.12. The monoisotopic (exact) mass is 251 g/mol. The molecular weight excluding hydrogens is 230 g/mol. The van der Waals surface area contributed by atoms with Crippen LogP contribution in [-0.2, 0) is 5.54 Å². The fraction of sp³-hybridized carbons (Fsp3) is 0.500. The van der Waals surface area contributed by atoms with E-state index in [1.54, 1.807) is 0 Å². The second-order valence-corrected chi connectivity index (χ2v) is 5.58. The number of hydrogen-bond donors (Lipinski definition) is 0. The van der Waals surface area contributed by atoms with E-state index < -0.39 is 0 Å². The second-order valence-electron chi connectivity index (χ2n) is 4.37. The summed E-state index contributed by atoms with van der Waals surface area (Å²) in [5, 5.41) is 0.156. The Hall–Kier alpha value is -0.960. The van der Waals surface area contributed by atoms with Gasteiger partial charge in [-0.15, -0.1) is 0 Å². The van der Waals surface area contributed by atoms with Crippen molar-refractivity contribution in [3.63, 3.8) is 0 Å². The van der Waals surface area contributed by atoms with Crippen molar-refractivity contribution < 1.29 is 4.79 Å². The summed E-state index contributed by atoms with van der Waals surface area (Å²) in [6, 6.07) is 10.2. The molecule has 0 saturated heterocycles. The van der Waals surface area contributed by atoms with Gasteiger partial charge >= 0.3 is 0 Å². The van der Waals surface area contributed by atoms with E-state index in [1.807, 2.05) is 36.9 Å². The number of nitrogens with zero attached hydrogens (tertiary/aromatic N) is 1. The van der Waals surface area contributed by atoms with Crippen molar-refractivity contribution in [3.05, 3.63) is 35.9 Å². The molecule has 1 aromatic carbocycles. The molecule has 0 radical (unpaired) electrons. The summed E-state index contributed by atoms with van der Waals surface area (Å²) < 4.78 is 0. The van der Waals surface area contributed by atoms with Gasteiger partial charge < -0.3 is 4.90 Å². The van der Waals surface area contributed by atoms with Gasteiger partial charge in [-0.25, -0.2) is 0 Å². The summed E-state index contributed by atoms with van der Waals surface area (Å²) in [5.74, 6) is 0.820. The van der Waals surface area contributed by atoms with Crippen molar-refractivity contribution in [2.75, 3.05) is 12.3 Å². The fourth-order valence-corrected chi connectivity index (χ4v) is 2.72. The van der Waals surface area contributed by atoms with E-state index in [0.29, 0.717) is 0 Å². The average Bonchev–Trinajstić information content (AvgIpc) is 2.31. The van der Waals surface area contributed by atoms with Gasteiger partial charge in [0.25, 0.3) is 5.24 Å². The minimum atomic E-state index is -0.255. The summed E-state index contributed by atoms with van der Waals surface area (Å²) in [7, 11) is 0. The first kappa shape index (κ1) is 14.1. The summed E-state index contributed by atoms with van der Waals surface area (Å²) >= 11 is 1.37. The van der Waals surface area contributed by atoms with Crippen LogP contribution in [0.15, 0.2) is 30.3 Å². The maximum absolute atomic E-state index is 12.1.